The summed E-state index contributed by atoms with van der Waals surface area (Å²) in [7, 11) is 3.25. The van der Waals surface area contributed by atoms with Gasteiger partial charge in [0.15, 0.2) is 0 Å². The van der Waals surface area contributed by atoms with Crippen LogP contribution in [0.2, 0.25) is 0 Å². The van der Waals surface area contributed by atoms with Crippen molar-refractivity contribution in [3.8, 4) is 22.6 Å². The lowest BCUT2D eigenvalue weighted by Crippen LogP contribution is -1.96. The summed E-state index contributed by atoms with van der Waals surface area (Å²) >= 11 is 0. The molecule has 2 N–H and O–H groups in total. The van der Waals surface area contributed by atoms with Crippen molar-refractivity contribution >= 4 is 0 Å². The molecule has 0 heterocycles. The summed E-state index contributed by atoms with van der Waals surface area (Å²) in [6.07, 6.45) is 0. The number of phenols is 2. The van der Waals surface area contributed by atoms with Crippen LogP contribution in [0.3, 0.4) is 0 Å². The zero-order valence-corrected chi connectivity index (χ0v) is 13.6. The lowest BCUT2D eigenvalue weighted by atomic mass is 9.89. The van der Waals surface area contributed by atoms with Gasteiger partial charge in [0.05, 0.1) is 0 Å². The first-order valence-corrected chi connectivity index (χ1v) is 6.84. The minimum Gasteiger partial charge on any atom is -0.507 e. The summed E-state index contributed by atoms with van der Waals surface area (Å²) in [5.41, 5.74) is 5.55. The van der Waals surface area contributed by atoms with Gasteiger partial charge in [0, 0.05) is 25.3 Å². The van der Waals surface area contributed by atoms with Gasteiger partial charge in [-0.25, -0.2) is 0 Å². The van der Waals surface area contributed by atoms with Crippen molar-refractivity contribution in [3.05, 3.63) is 46.5 Å². The normalized spacial score (nSPS) is 10.0. The van der Waals surface area contributed by atoms with E-state index in [9.17, 15) is 10.2 Å². The third-order valence-electron chi connectivity index (χ3n) is 3.83. The van der Waals surface area contributed by atoms with Gasteiger partial charge in [0.2, 0.25) is 0 Å². The Morgan fingerprint density at radius 1 is 0.762 bits per heavy atom. The molecule has 0 bridgehead atoms. The van der Waals surface area contributed by atoms with Crippen LogP contribution in [0, 0.1) is 27.7 Å². The molecule has 0 aliphatic rings. The van der Waals surface area contributed by atoms with Crippen molar-refractivity contribution < 1.29 is 14.9 Å². The standard InChI is InChI=1S/C16H18O2.C2H6O/c1-9-10(2)12(4)16(18)15(11(9)3)13-7-5-6-8-14(13)17;1-3-2/h5-8,17-18H,1-4H3;1-2H3. The maximum atomic E-state index is 10.4. The van der Waals surface area contributed by atoms with Crippen molar-refractivity contribution in [2.24, 2.45) is 0 Å². The number of phenolic OH excluding ortho intramolecular Hbond substituents is 2. The number of aromatic hydroxyl groups is 2. The summed E-state index contributed by atoms with van der Waals surface area (Å²) in [6, 6.07) is 7.10. The molecule has 0 amide bonds. The minimum absolute atomic E-state index is 0.193. The molecule has 0 saturated carbocycles. The Hall–Kier alpha value is -2.00. The Bertz CT molecular complexity index is 602. The Morgan fingerprint density at radius 2 is 1.24 bits per heavy atom. The molecule has 0 unspecified atom stereocenters. The molecule has 3 heteroatoms. The van der Waals surface area contributed by atoms with Crippen molar-refractivity contribution in [1.29, 1.82) is 0 Å². The number of hydrogen-bond donors (Lipinski definition) is 2. The van der Waals surface area contributed by atoms with Crippen molar-refractivity contribution in [1.82, 2.24) is 0 Å². The Kier molecular flexibility index (Phi) is 5.79. The van der Waals surface area contributed by atoms with Crippen molar-refractivity contribution in [2.75, 3.05) is 14.2 Å². The van der Waals surface area contributed by atoms with E-state index in [0.717, 1.165) is 27.8 Å². The van der Waals surface area contributed by atoms with E-state index in [1.54, 1.807) is 26.4 Å². The first-order chi connectivity index (χ1) is 9.86. The highest BCUT2D eigenvalue weighted by Crippen LogP contribution is 2.42. The summed E-state index contributed by atoms with van der Waals surface area (Å²) in [5.74, 6) is 0.454. The van der Waals surface area contributed by atoms with Crippen LogP contribution >= 0.6 is 0 Å². The topological polar surface area (TPSA) is 49.7 Å². The molecule has 0 radical (unpaired) electrons. The summed E-state index contributed by atoms with van der Waals surface area (Å²) in [4.78, 5) is 0. The molecule has 2 aromatic carbocycles. The first kappa shape index (κ1) is 17.1. The van der Waals surface area contributed by atoms with Gasteiger partial charge in [-0.2, -0.15) is 0 Å². The molecule has 21 heavy (non-hydrogen) atoms. The second-order valence-corrected chi connectivity index (χ2v) is 5.15. The third kappa shape index (κ3) is 3.37. The summed E-state index contributed by atoms with van der Waals surface area (Å²) in [5, 5.41) is 20.3. The van der Waals surface area contributed by atoms with Crippen LogP contribution in [0.5, 0.6) is 11.5 Å². The fourth-order valence-corrected chi connectivity index (χ4v) is 2.31. The van der Waals surface area contributed by atoms with Crippen LogP contribution < -0.4 is 0 Å². The molecular weight excluding hydrogens is 264 g/mol. The smallest absolute Gasteiger partial charge is 0.126 e. The van der Waals surface area contributed by atoms with E-state index in [0.29, 0.717) is 5.56 Å². The SMILES string of the molecule is COC.Cc1c(C)c(C)c(-c2ccccc2O)c(O)c1C. The Labute approximate surface area is 126 Å². The van der Waals surface area contributed by atoms with E-state index in [1.807, 2.05) is 39.8 Å². The van der Waals surface area contributed by atoms with Crippen LogP contribution in [-0.2, 0) is 4.74 Å². The maximum absolute atomic E-state index is 10.4. The van der Waals surface area contributed by atoms with E-state index in [1.165, 1.54) is 0 Å². The molecule has 2 aromatic rings. The van der Waals surface area contributed by atoms with E-state index < -0.39 is 0 Å². The molecule has 114 valence electrons. The number of methoxy groups -OCH3 is 1. The van der Waals surface area contributed by atoms with Crippen LogP contribution in [0.1, 0.15) is 22.3 Å². The predicted molar refractivity (Wildman–Crippen MR) is 87.1 cm³/mol. The van der Waals surface area contributed by atoms with Gasteiger partial charge in [-0.3, -0.25) is 0 Å². The largest absolute Gasteiger partial charge is 0.507 e. The number of hydrogen-bond acceptors (Lipinski definition) is 3. The second kappa shape index (κ2) is 7.14. The fourth-order valence-electron chi connectivity index (χ4n) is 2.31. The van der Waals surface area contributed by atoms with Gasteiger partial charge >= 0.3 is 0 Å². The number of ether oxygens (including phenoxy) is 1. The highest BCUT2D eigenvalue weighted by Gasteiger charge is 2.17. The maximum Gasteiger partial charge on any atom is 0.126 e. The first-order valence-electron chi connectivity index (χ1n) is 6.84. The van der Waals surface area contributed by atoms with Gasteiger partial charge in [-0.05, 0) is 56.0 Å². The van der Waals surface area contributed by atoms with Gasteiger partial charge in [0.25, 0.3) is 0 Å². The van der Waals surface area contributed by atoms with Crippen molar-refractivity contribution in [3.63, 3.8) is 0 Å². The molecule has 2 rings (SSSR count). The van der Waals surface area contributed by atoms with Gasteiger partial charge in [0.1, 0.15) is 11.5 Å². The molecule has 0 aromatic heterocycles. The highest BCUT2D eigenvalue weighted by molar-refractivity contribution is 5.81. The molecule has 0 aliphatic heterocycles. The van der Waals surface area contributed by atoms with Crippen LogP contribution in [0.25, 0.3) is 11.1 Å². The van der Waals surface area contributed by atoms with Gasteiger partial charge in [-0.1, -0.05) is 18.2 Å². The van der Waals surface area contributed by atoms with Gasteiger partial charge < -0.3 is 14.9 Å². The van der Waals surface area contributed by atoms with Crippen LogP contribution in [0.4, 0.5) is 0 Å². The lowest BCUT2D eigenvalue weighted by Gasteiger charge is -2.18. The zero-order chi connectivity index (χ0) is 16.2. The molecule has 3 nitrogen and oxygen atoms in total. The van der Waals surface area contributed by atoms with E-state index in [2.05, 4.69) is 4.74 Å². The number of rotatable bonds is 1. The average molecular weight is 288 g/mol. The van der Waals surface area contributed by atoms with E-state index in [4.69, 9.17) is 0 Å². The highest BCUT2D eigenvalue weighted by atomic mass is 16.4. The Morgan fingerprint density at radius 3 is 1.76 bits per heavy atom. The second-order valence-electron chi connectivity index (χ2n) is 5.15. The molecule has 0 atom stereocenters. The predicted octanol–water partition coefficient (Wildman–Crippen LogP) is 4.26. The molecular formula is C18H24O3. The van der Waals surface area contributed by atoms with Crippen molar-refractivity contribution in [2.45, 2.75) is 27.7 Å². The van der Waals surface area contributed by atoms with Gasteiger partial charge in [-0.15, -0.1) is 0 Å². The number of benzene rings is 2. The zero-order valence-electron chi connectivity index (χ0n) is 13.6. The lowest BCUT2D eigenvalue weighted by molar-refractivity contribution is 0.277. The van der Waals surface area contributed by atoms with E-state index >= 15 is 0 Å². The summed E-state index contributed by atoms with van der Waals surface area (Å²) in [6.45, 7) is 7.93. The van der Waals surface area contributed by atoms with Crippen LogP contribution in [0.15, 0.2) is 24.3 Å². The summed E-state index contributed by atoms with van der Waals surface area (Å²) < 4.78 is 4.25. The average Bonchev–Trinajstić information content (AvgIpc) is 2.46. The minimum atomic E-state index is 0.193. The monoisotopic (exact) mass is 288 g/mol. The molecule has 0 spiro atoms. The Balaban J connectivity index is 0.000000677. The number of para-hydroxylation sites is 1. The molecule has 0 aliphatic carbocycles. The van der Waals surface area contributed by atoms with E-state index in [-0.39, 0.29) is 11.5 Å². The quantitative estimate of drug-likeness (QED) is 0.824. The van der Waals surface area contributed by atoms with Crippen LogP contribution in [-0.4, -0.2) is 24.4 Å². The fraction of sp³-hybridized carbons (Fsp3) is 0.333. The molecule has 0 saturated heterocycles. The molecule has 0 fully saturated rings. The third-order valence-corrected chi connectivity index (χ3v) is 3.83.